The van der Waals surface area contributed by atoms with E-state index in [2.05, 4.69) is 26.3 Å². The number of halogens is 2. The molecule has 4 rings (SSSR count). The molecule has 0 fully saturated rings. The van der Waals surface area contributed by atoms with Gasteiger partial charge in [0.1, 0.15) is 61.0 Å². The third-order valence-corrected chi connectivity index (χ3v) is 9.46. The zero-order valence-electron chi connectivity index (χ0n) is 39.6. The summed E-state index contributed by atoms with van der Waals surface area (Å²) in [6.45, 7) is 29.9. The number of ketones is 4. The van der Waals surface area contributed by atoms with Crippen molar-refractivity contribution in [2.75, 3.05) is 33.5 Å². The molecule has 4 aromatic rings. The van der Waals surface area contributed by atoms with E-state index in [1.807, 2.05) is 97.9 Å². The minimum Gasteiger partial charge on any atom is -0.497 e. The van der Waals surface area contributed by atoms with E-state index < -0.39 is 0 Å². The van der Waals surface area contributed by atoms with Crippen LogP contribution in [0.3, 0.4) is 0 Å². The highest BCUT2D eigenvalue weighted by Gasteiger charge is 2.12. The second kappa shape index (κ2) is 30.4. The molecule has 4 aromatic carbocycles. The lowest BCUT2D eigenvalue weighted by atomic mass is 10.1. The monoisotopic (exact) mass is 923 g/mol. The molecule has 0 amide bonds. The van der Waals surface area contributed by atoms with Crippen LogP contribution in [0.25, 0.3) is 23.0 Å². The number of hydrogen-bond acceptors (Lipinski definition) is 10. The minimum atomic E-state index is -0.310. The first-order valence-electron chi connectivity index (χ1n) is 21.1. The summed E-state index contributed by atoms with van der Waals surface area (Å²) in [7, 11) is 1.61. The van der Waals surface area contributed by atoms with Crippen LogP contribution in [-0.4, -0.2) is 56.7 Å². The molecule has 0 spiro atoms. The Balaban J connectivity index is 0.000000440. The molecule has 0 aliphatic rings. The number of ether oxygens (including phenoxy) is 5. The van der Waals surface area contributed by atoms with Crippen molar-refractivity contribution >= 4 is 57.8 Å². The molecular weight excluding hydrogens is 861 g/mol. The highest BCUT2D eigenvalue weighted by Crippen LogP contribution is 2.20. The molecule has 0 radical (unpaired) electrons. The fourth-order valence-electron chi connectivity index (χ4n) is 4.41. The van der Waals surface area contributed by atoms with Crippen molar-refractivity contribution < 1.29 is 47.3 Å². The van der Waals surface area contributed by atoms with Crippen LogP contribution in [0.1, 0.15) is 83.2 Å². The van der Waals surface area contributed by atoms with Crippen molar-refractivity contribution in [2.24, 2.45) is 23.7 Å². The average Bonchev–Trinajstić information content (AvgIpc) is 3.31. The third kappa shape index (κ3) is 22.7. The zero-order chi connectivity index (χ0) is 49.9. The van der Waals surface area contributed by atoms with Gasteiger partial charge in [-0.15, -0.1) is 0 Å². The van der Waals surface area contributed by atoms with Gasteiger partial charge in [0, 0.05) is 50.9 Å². The predicted octanol–water partition coefficient (Wildman–Crippen LogP) is 12.3. The van der Waals surface area contributed by atoms with Gasteiger partial charge in [0.15, 0.2) is 23.1 Å². The van der Waals surface area contributed by atoms with Crippen molar-refractivity contribution in [2.45, 2.75) is 55.4 Å². The Morgan fingerprint density at radius 1 is 0.500 bits per heavy atom. The number of carbonyl (C=O) groups is 4. The van der Waals surface area contributed by atoms with Crippen LogP contribution in [0.4, 0.5) is 4.39 Å². The van der Waals surface area contributed by atoms with Crippen LogP contribution >= 0.6 is 11.6 Å². The maximum absolute atomic E-state index is 12.6. The fraction of sp³-hybridized carbons (Fsp3) is 0.315. The lowest BCUT2D eigenvalue weighted by molar-refractivity contribution is -0.125. The predicted molar refractivity (Wildman–Crippen MR) is 261 cm³/mol. The lowest BCUT2D eigenvalue weighted by Gasteiger charge is -2.10. The van der Waals surface area contributed by atoms with Gasteiger partial charge in [0.2, 0.25) is 0 Å². The number of Topliss-reactive ketones (excluding diaryl/α,β-unsaturated/α-hetero) is 4. The molecule has 0 bridgehead atoms. The van der Waals surface area contributed by atoms with Crippen LogP contribution in [0.2, 0.25) is 5.02 Å². The first-order valence-corrected chi connectivity index (χ1v) is 21.5. The molecule has 0 unspecified atom stereocenters. The normalized spacial score (nSPS) is 10.1. The number of nitriles is 1. The summed E-state index contributed by atoms with van der Waals surface area (Å²) in [5, 5.41) is 9.32. The topological polar surface area (TPSA) is 138 Å². The van der Waals surface area contributed by atoms with E-state index in [9.17, 15) is 23.6 Å². The number of nitrogens with zero attached hydrogens (tertiary/aromatic N) is 1. The van der Waals surface area contributed by atoms with Gasteiger partial charge in [-0.3, -0.25) is 19.2 Å². The molecule has 0 aliphatic heterocycles. The third-order valence-electron chi connectivity index (χ3n) is 9.21. The smallest absolute Gasteiger partial charge is 0.172 e. The Labute approximate surface area is 395 Å². The van der Waals surface area contributed by atoms with Crippen molar-refractivity contribution in [3.8, 4) is 11.8 Å². The molecule has 12 heteroatoms. The maximum atomic E-state index is 12.6. The van der Waals surface area contributed by atoms with Gasteiger partial charge in [-0.05, 0) is 97.1 Å². The summed E-state index contributed by atoms with van der Waals surface area (Å²) >= 11 is 5.76. The Bertz CT molecular complexity index is 2180. The van der Waals surface area contributed by atoms with Crippen molar-refractivity contribution in [3.05, 3.63) is 162 Å². The number of carbonyl (C=O) groups excluding carboxylic acids is 4. The second-order valence-electron chi connectivity index (χ2n) is 15.8. The number of hydrogen-bond donors (Lipinski definition) is 0. The fourth-order valence-corrected chi connectivity index (χ4v) is 4.54. The van der Waals surface area contributed by atoms with Crippen LogP contribution in [0.5, 0.6) is 5.75 Å². The largest absolute Gasteiger partial charge is 0.497 e. The molecule has 66 heavy (non-hydrogen) atoms. The quantitative estimate of drug-likeness (QED) is 0.0742. The molecule has 0 N–H and O–H groups in total. The molecule has 352 valence electrons. The number of benzene rings is 4. The van der Waals surface area contributed by atoms with Crippen LogP contribution in [0, 0.1) is 40.8 Å². The van der Waals surface area contributed by atoms with Crippen LogP contribution in [-0.2, 0) is 38.1 Å². The summed E-state index contributed by atoms with van der Waals surface area (Å²) in [4.78, 5) is 45.4. The van der Waals surface area contributed by atoms with Crippen molar-refractivity contribution in [1.29, 1.82) is 5.26 Å². The van der Waals surface area contributed by atoms with E-state index in [0.717, 1.165) is 22.4 Å². The van der Waals surface area contributed by atoms with Crippen LogP contribution < -0.4 is 4.74 Å². The van der Waals surface area contributed by atoms with E-state index >= 15 is 0 Å². The van der Waals surface area contributed by atoms with E-state index in [1.165, 1.54) is 12.1 Å². The van der Waals surface area contributed by atoms with Gasteiger partial charge >= 0.3 is 0 Å². The Morgan fingerprint density at radius 3 is 1.02 bits per heavy atom. The first kappa shape index (κ1) is 57.2. The van der Waals surface area contributed by atoms with Crippen molar-refractivity contribution in [3.63, 3.8) is 0 Å². The van der Waals surface area contributed by atoms with E-state index in [-0.39, 0.29) is 79.0 Å². The molecule has 0 atom stereocenters. The highest BCUT2D eigenvalue weighted by molar-refractivity contribution is 6.30. The molecule has 0 saturated heterocycles. The lowest BCUT2D eigenvalue weighted by Crippen LogP contribution is -2.14. The first-order chi connectivity index (χ1) is 31.1. The van der Waals surface area contributed by atoms with Gasteiger partial charge in [-0.2, -0.15) is 5.26 Å². The molecule has 0 heterocycles. The van der Waals surface area contributed by atoms with E-state index in [1.54, 1.807) is 55.6 Å². The molecule has 10 nitrogen and oxygen atoms in total. The number of rotatable bonds is 21. The minimum absolute atomic E-state index is 0.00781. The van der Waals surface area contributed by atoms with Gasteiger partial charge < -0.3 is 23.7 Å². The van der Waals surface area contributed by atoms with Crippen molar-refractivity contribution in [1.82, 2.24) is 0 Å². The Hall–Kier alpha value is -6.77. The molecular formula is C54H63ClFNO9. The summed E-state index contributed by atoms with van der Waals surface area (Å²) in [6.07, 6.45) is 0. The van der Waals surface area contributed by atoms with Gasteiger partial charge in [0.25, 0.3) is 0 Å². The molecule has 0 saturated carbocycles. The Morgan fingerprint density at radius 2 is 0.758 bits per heavy atom. The summed E-state index contributed by atoms with van der Waals surface area (Å²) in [6, 6.07) is 29.2. The summed E-state index contributed by atoms with van der Waals surface area (Å²) < 4.78 is 38.9. The SMILES string of the molecule is C=C(OCC(=O)C(C)C)c1ccc(C#N)cc1.C=C(OCC(=O)C(C)C)c1ccc(Cl)cc1.C=C(OCC(=O)C(C)C)c1ccc(F)cc1.C=C(OCC(=O)C(C)C)c1ccc(OC)cc1. The highest BCUT2D eigenvalue weighted by atomic mass is 35.5. The Kier molecular flexibility index (Phi) is 26.4. The number of methoxy groups -OCH3 is 1. The van der Waals surface area contributed by atoms with Gasteiger partial charge in [-0.1, -0.05) is 93.3 Å². The standard InChI is InChI=1S/C14H15NO2.C14H18O3.C13H15ClO2.C13H15FO2/c1-10(2)14(16)9-17-11(3)13-6-4-12(8-15)5-7-13;1-10(2)14(15)9-17-11(3)12-5-7-13(16-4)8-6-12;2*1-9(2)13(15)8-16-10(3)11-4-6-12(14)7-5-11/h4-7,10H,3,9H2,1-2H3;5-8,10H,3,9H2,1-2,4H3;2*4-7,9H,3,8H2,1-2H3. The zero-order valence-corrected chi connectivity index (χ0v) is 40.3. The second-order valence-corrected chi connectivity index (χ2v) is 16.2. The van der Waals surface area contributed by atoms with Gasteiger partial charge in [0.05, 0.1) is 18.7 Å². The molecule has 0 aliphatic carbocycles. The van der Waals surface area contributed by atoms with E-state index in [4.69, 9.17) is 40.5 Å². The van der Waals surface area contributed by atoms with Crippen LogP contribution in [0.15, 0.2) is 123 Å². The van der Waals surface area contributed by atoms with Gasteiger partial charge in [-0.25, -0.2) is 4.39 Å². The average molecular weight is 925 g/mol. The summed E-state index contributed by atoms with van der Waals surface area (Å²) in [5.74, 6) is 2.36. The molecule has 0 aromatic heterocycles. The van der Waals surface area contributed by atoms with E-state index in [0.29, 0.717) is 39.2 Å². The maximum Gasteiger partial charge on any atom is 0.172 e. The summed E-state index contributed by atoms with van der Waals surface area (Å²) in [5.41, 5.74) is 3.72.